The Kier molecular flexibility index (Phi) is 6.07. The summed E-state index contributed by atoms with van der Waals surface area (Å²) in [6, 6.07) is 0.173. The largest absolute Gasteiger partial charge is 0.481 e. The molecule has 0 aromatic carbocycles. The lowest BCUT2D eigenvalue weighted by Crippen LogP contribution is -2.45. The molecule has 0 spiro atoms. The van der Waals surface area contributed by atoms with Gasteiger partial charge in [0.1, 0.15) is 0 Å². The second-order valence-corrected chi connectivity index (χ2v) is 6.88. The highest BCUT2D eigenvalue weighted by Crippen LogP contribution is 2.31. The van der Waals surface area contributed by atoms with Gasteiger partial charge in [0.15, 0.2) is 0 Å². The topological polar surface area (TPSA) is 66.4 Å². The zero-order chi connectivity index (χ0) is 15.2. The third-order valence-corrected chi connectivity index (χ3v) is 5.40. The maximum atomic E-state index is 12.5. The number of hydrogen-bond acceptors (Lipinski definition) is 2. The first-order valence-electron chi connectivity index (χ1n) is 8.62. The number of rotatable bonds is 4. The average molecular weight is 295 g/mol. The van der Waals surface area contributed by atoms with Crippen molar-refractivity contribution < 1.29 is 14.7 Å². The molecule has 0 radical (unpaired) electrons. The molecule has 0 heterocycles. The SMILES string of the molecule is C[C@H](NC(=O)[C@@H]1CCCC[C@@H]1C(=O)O)C1CCCCCC1. The van der Waals surface area contributed by atoms with E-state index in [9.17, 15) is 14.7 Å². The number of carboxylic acids is 1. The van der Waals surface area contributed by atoms with Gasteiger partial charge in [-0.1, -0.05) is 38.5 Å². The third kappa shape index (κ3) is 4.45. The Bertz CT molecular complexity index is 361. The fraction of sp³-hybridized carbons (Fsp3) is 0.882. The molecule has 2 rings (SSSR count). The third-order valence-electron chi connectivity index (χ3n) is 5.40. The zero-order valence-corrected chi connectivity index (χ0v) is 13.1. The van der Waals surface area contributed by atoms with Crippen LogP contribution >= 0.6 is 0 Å². The Morgan fingerprint density at radius 3 is 2.00 bits per heavy atom. The quantitative estimate of drug-likeness (QED) is 0.782. The number of hydrogen-bond donors (Lipinski definition) is 2. The van der Waals surface area contributed by atoms with E-state index in [1.54, 1.807) is 0 Å². The highest BCUT2D eigenvalue weighted by atomic mass is 16.4. The molecule has 2 aliphatic rings. The van der Waals surface area contributed by atoms with Crippen molar-refractivity contribution in [2.75, 3.05) is 0 Å². The van der Waals surface area contributed by atoms with E-state index < -0.39 is 11.9 Å². The Hall–Kier alpha value is -1.06. The van der Waals surface area contributed by atoms with E-state index in [0.717, 1.165) is 19.3 Å². The molecule has 3 atom stereocenters. The van der Waals surface area contributed by atoms with Gasteiger partial charge in [0, 0.05) is 6.04 Å². The van der Waals surface area contributed by atoms with Crippen LogP contribution in [-0.2, 0) is 9.59 Å². The van der Waals surface area contributed by atoms with E-state index in [1.165, 1.54) is 38.5 Å². The highest BCUT2D eigenvalue weighted by molar-refractivity contribution is 5.85. The zero-order valence-electron chi connectivity index (χ0n) is 13.1. The Labute approximate surface area is 127 Å². The molecule has 0 bridgehead atoms. The molecular formula is C17H29NO3. The van der Waals surface area contributed by atoms with Gasteiger partial charge in [-0.15, -0.1) is 0 Å². The Morgan fingerprint density at radius 2 is 1.43 bits per heavy atom. The van der Waals surface area contributed by atoms with E-state index in [0.29, 0.717) is 12.3 Å². The van der Waals surface area contributed by atoms with Crippen LogP contribution in [0.5, 0.6) is 0 Å². The predicted octanol–water partition coefficient (Wildman–Crippen LogP) is 3.35. The van der Waals surface area contributed by atoms with Crippen LogP contribution < -0.4 is 5.32 Å². The summed E-state index contributed by atoms with van der Waals surface area (Å²) in [7, 11) is 0. The van der Waals surface area contributed by atoms with Crippen LogP contribution in [0.2, 0.25) is 0 Å². The minimum Gasteiger partial charge on any atom is -0.481 e. The Balaban J connectivity index is 1.90. The molecule has 120 valence electrons. The van der Waals surface area contributed by atoms with Gasteiger partial charge in [-0.05, 0) is 38.5 Å². The summed E-state index contributed by atoms with van der Waals surface area (Å²) in [6.45, 7) is 2.09. The first-order chi connectivity index (χ1) is 10.1. The maximum Gasteiger partial charge on any atom is 0.307 e. The number of nitrogens with one attached hydrogen (secondary N) is 1. The van der Waals surface area contributed by atoms with Gasteiger partial charge >= 0.3 is 5.97 Å². The van der Waals surface area contributed by atoms with Gasteiger partial charge in [-0.3, -0.25) is 9.59 Å². The van der Waals surface area contributed by atoms with Crippen molar-refractivity contribution in [3.05, 3.63) is 0 Å². The smallest absolute Gasteiger partial charge is 0.307 e. The van der Waals surface area contributed by atoms with Gasteiger partial charge in [-0.25, -0.2) is 0 Å². The first-order valence-corrected chi connectivity index (χ1v) is 8.62. The average Bonchev–Trinajstić information content (AvgIpc) is 2.76. The van der Waals surface area contributed by atoms with Crippen LogP contribution in [0.3, 0.4) is 0 Å². The number of carbonyl (C=O) groups is 2. The summed E-state index contributed by atoms with van der Waals surface area (Å²) >= 11 is 0. The van der Waals surface area contributed by atoms with Crippen molar-refractivity contribution in [2.24, 2.45) is 17.8 Å². The van der Waals surface area contributed by atoms with E-state index in [4.69, 9.17) is 0 Å². The maximum absolute atomic E-state index is 12.5. The molecule has 0 unspecified atom stereocenters. The number of carboxylic acid groups (broad SMARTS) is 1. The van der Waals surface area contributed by atoms with Crippen molar-refractivity contribution in [3.63, 3.8) is 0 Å². The van der Waals surface area contributed by atoms with Crippen LogP contribution in [0.25, 0.3) is 0 Å². The summed E-state index contributed by atoms with van der Waals surface area (Å²) in [5.41, 5.74) is 0. The van der Waals surface area contributed by atoms with Gasteiger partial charge in [0.05, 0.1) is 11.8 Å². The lowest BCUT2D eigenvalue weighted by Gasteiger charge is -2.30. The molecule has 21 heavy (non-hydrogen) atoms. The summed E-state index contributed by atoms with van der Waals surface area (Å²) in [4.78, 5) is 23.8. The van der Waals surface area contributed by atoms with Crippen molar-refractivity contribution in [1.29, 1.82) is 0 Å². The summed E-state index contributed by atoms with van der Waals surface area (Å²) in [5.74, 6) is -1.09. The number of amides is 1. The summed E-state index contributed by atoms with van der Waals surface area (Å²) < 4.78 is 0. The number of aliphatic carboxylic acids is 1. The molecule has 0 aliphatic heterocycles. The van der Waals surface area contributed by atoms with Crippen LogP contribution in [0.15, 0.2) is 0 Å². The highest BCUT2D eigenvalue weighted by Gasteiger charge is 2.36. The van der Waals surface area contributed by atoms with Gasteiger partial charge in [0.25, 0.3) is 0 Å². The molecule has 2 saturated carbocycles. The molecule has 0 aromatic rings. The van der Waals surface area contributed by atoms with Gasteiger partial charge < -0.3 is 10.4 Å². The fourth-order valence-corrected chi connectivity index (χ4v) is 4.00. The molecular weight excluding hydrogens is 266 g/mol. The molecule has 4 heteroatoms. The molecule has 4 nitrogen and oxygen atoms in total. The molecule has 2 N–H and O–H groups in total. The summed E-state index contributed by atoms with van der Waals surface area (Å²) in [6.07, 6.45) is 10.8. The normalized spacial score (nSPS) is 29.4. The standard InChI is InChI=1S/C17H29NO3/c1-12(13-8-4-2-3-5-9-13)18-16(19)14-10-6-7-11-15(14)17(20)21/h12-15H,2-11H2,1H3,(H,18,19)(H,20,21)/t12-,14+,15-/m0/s1. The van der Waals surface area contributed by atoms with Crippen LogP contribution in [0.1, 0.15) is 71.1 Å². The van der Waals surface area contributed by atoms with Crippen molar-refractivity contribution in [2.45, 2.75) is 77.2 Å². The molecule has 0 aromatic heterocycles. The predicted molar refractivity (Wildman–Crippen MR) is 81.9 cm³/mol. The molecule has 2 fully saturated rings. The van der Waals surface area contributed by atoms with Crippen molar-refractivity contribution >= 4 is 11.9 Å². The second-order valence-electron chi connectivity index (χ2n) is 6.88. The van der Waals surface area contributed by atoms with E-state index in [1.807, 2.05) is 0 Å². The second kappa shape index (κ2) is 7.81. The molecule has 1 amide bonds. The fourth-order valence-electron chi connectivity index (χ4n) is 4.00. The van der Waals surface area contributed by atoms with Crippen LogP contribution in [0, 0.1) is 17.8 Å². The van der Waals surface area contributed by atoms with E-state index in [2.05, 4.69) is 12.2 Å². The molecule has 0 saturated heterocycles. The van der Waals surface area contributed by atoms with E-state index in [-0.39, 0.29) is 17.9 Å². The molecule has 2 aliphatic carbocycles. The van der Waals surface area contributed by atoms with Crippen molar-refractivity contribution in [1.82, 2.24) is 5.32 Å². The summed E-state index contributed by atoms with van der Waals surface area (Å²) in [5, 5.41) is 12.4. The lowest BCUT2D eigenvalue weighted by atomic mass is 9.78. The minimum absolute atomic E-state index is 0.0288. The van der Waals surface area contributed by atoms with Crippen LogP contribution in [-0.4, -0.2) is 23.0 Å². The van der Waals surface area contributed by atoms with E-state index >= 15 is 0 Å². The van der Waals surface area contributed by atoms with Gasteiger partial charge in [0.2, 0.25) is 5.91 Å². The lowest BCUT2D eigenvalue weighted by molar-refractivity contribution is -0.149. The minimum atomic E-state index is -0.808. The Morgan fingerprint density at radius 1 is 0.905 bits per heavy atom. The van der Waals surface area contributed by atoms with Crippen LogP contribution in [0.4, 0.5) is 0 Å². The number of carbonyl (C=O) groups excluding carboxylic acids is 1. The van der Waals surface area contributed by atoms with Gasteiger partial charge in [-0.2, -0.15) is 0 Å². The van der Waals surface area contributed by atoms with Crippen molar-refractivity contribution in [3.8, 4) is 0 Å². The monoisotopic (exact) mass is 295 g/mol. The first kappa shape index (κ1) is 16.3.